The van der Waals surface area contributed by atoms with Gasteiger partial charge < -0.3 is 15.3 Å². The number of rotatable bonds is 6. The maximum Gasteiger partial charge on any atom is 0.276 e. The van der Waals surface area contributed by atoms with Crippen LogP contribution in [-0.4, -0.2) is 49.4 Å². The number of likely N-dealkylation sites (tertiary alicyclic amines) is 1. The summed E-state index contributed by atoms with van der Waals surface area (Å²) in [6.07, 6.45) is -0.202. The molecule has 3 aromatic rings. The molecule has 3 heterocycles. The fourth-order valence-electron chi connectivity index (χ4n) is 4.71. The number of aliphatic hydroxyl groups is 1. The van der Waals surface area contributed by atoms with Crippen molar-refractivity contribution in [2.24, 2.45) is 7.05 Å². The molecule has 37 heavy (non-hydrogen) atoms. The molecule has 0 aliphatic carbocycles. The summed E-state index contributed by atoms with van der Waals surface area (Å²) in [4.78, 5) is 31.3. The van der Waals surface area contributed by atoms with E-state index in [1.54, 1.807) is 17.9 Å². The lowest BCUT2D eigenvalue weighted by atomic mass is 9.91. The SMILES string of the molecule is C[C@@H](Nc1nn(C)c(=O)c2cnc(C3CCN(C(=O)C(C)(C)O)CC3)cc12)c1cccc(C(F)F)c1F. The van der Waals surface area contributed by atoms with Gasteiger partial charge in [-0.25, -0.2) is 17.9 Å². The Morgan fingerprint density at radius 3 is 2.46 bits per heavy atom. The first-order chi connectivity index (χ1) is 17.4. The van der Waals surface area contributed by atoms with Crippen molar-refractivity contribution in [3.05, 3.63) is 63.5 Å². The summed E-state index contributed by atoms with van der Waals surface area (Å²) in [7, 11) is 1.49. The fourth-order valence-corrected chi connectivity index (χ4v) is 4.71. The van der Waals surface area contributed by atoms with Gasteiger partial charge in [0.05, 0.1) is 17.0 Å². The molecule has 0 spiro atoms. The molecule has 1 aliphatic heterocycles. The Morgan fingerprint density at radius 2 is 1.84 bits per heavy atom. The fraction of sp³-hybridized carbons (Fsp3) is 0.462. The lowest BCUT2D eigenvalue weighted by molar-refractivity contribution is -0.148. The first-order valence-electron chi connectivity index (χ1n) is 12.1. The van der Waals surface area contributed by atoms with E-state index in [1.807, 2.05) is 0 Å². The Balaban J connectivity index is 1.64. The third kappa shape index (κ3) is 5.31. The van der Waals surface area contributed by atoms with Gasteiger partial charge in [0.15, 0.2) is 5.82 Å². The van der Waals surface area contributed by atoms with E-state index in [9.17, 15) is 27.9 Å². The maximum absolute atomic E-state index is 14.8. The van der Waals surface area contributed by atoms with Crippen LogP contribution >= 0.6 is 0 Å². The molecule has 8 nitrogen and oxygen atoms in total. The summed E-state index contributed by atoms with van der Waals surface area (Å²) in [6, 6.07) is 4.90. The molecular weight excluding hydrogens is 487 g/mol. The second-order valence-corrected chi connectivity index (χ2v) is 9.97. The summed E-state index contributed by atoms with van der Waals surface area (Å²) in [5, 5.41) is 18.2. The second-order valence-electron chi connectivity index (χ2n) is 9.97. The molecule has 2 N–H and O–H groups in total. The minimum atomic E-state index is -2.94. The van der Waals surface area contributed by atoms with Crippen molar-refractivity contribution in [1.29, 1.82) is 0 Å². The number of hydrogen-bond acceptors (Lipinski definition) is 6. The monoisotopic (exact) mass is 517 g/mol. The number of nitrogens with zero attached hydrogens (tertiary/aromatic N) is 4. The van der Waals surface area contributed by atoms with Crippen LogP contribution in [0.25, 0.3) is 10.8 Å². The van der Waals surface area contributed by atoms with Crippen LogP contribution in [0.2, 0.25) is 0 Å². The van der Waals surface area contributed by atoms with Crippen LogP contribution in [-0.2, 0) is 11.8 Å². The third-order valence-corrected chi connectivity index (χ3v) is 6.79. The maximum atomic E-state index is 14.8. The number of carbonyl (C=O) groups is 1. The van der Waals surface area contributed by atoms with Crippen LogP contribution in [0.4, 0.5) is 19.0 Å². The summed E-state index contributed by atoms with van der Waals surface area (Å²) in [6.45, 7) is 5.48. The van der Waals surface area contributed by atoms with Crippen molar-refractivity contribution >= 4 is 22.5 Å². The number of halogens is 3. The number of pyridine rings is 1. The molecule has 1 amide bonds. The summed E-state index contributed by atoms with van der Waals surface area (Å²) >= 11 is 0. The van der Waals surface area contributed by atoms with Crippen molar-refractivity contribution in [2.75, 3.05) is 18.4 Å². The molecule has 1 fully saturated rings. The van der Waals surface area contributed by atoms with Crippen LogP contribution in [0, 0.1) is 5.82 Å². The molecule has 1 aliphatic rings. The number of amides is 1. The van der Waals surface area contributed by atoms with Gasteiger partial charge in [-0.1, -0.05) is 18.2 Å². The topological polar surface area (TPSA) is 100 Å². The van der Waals surface area contributed by atoms with Crippen LogP contribution < -0.4 is 10.9 Å². The first kappa shape index (κ1) is 26.6. The Bertz CT molecular complexity index is 1380. The predicted molar refractivity (Wildman–Crippen MR) is 133 cm³/mol. The molecule has 2 aromatic heterocycles. The molecule has 1 saturated heterocycles. The van der Waals surface area contributed by atoms with E-state index < -0.39 is 29.4 Å². The zero-order chi connectivity index (χ0) is 27.1. The Kier molecular flexibility index (Phi) is 7.27. The Hall–Kier alpha value is -3.47. The number of anilines is 1. The Morgan fingerprint density at radius 1 is 1.19 bits per heavy atom. The summed E-state index contributed by atoms with van der Waals surface area (Å²) in [5.41, 5.74) is -1.70. The number of alkyl halides is 2. The minimum Gasteiger partial charge on any atom is -0.381 e. The predicted octanol–water partition coefficient (Wildman–Crippen LogP) is 4.06. The van der Waals surface area contributed by atoms with Crippen molar-refractivity contribution in [1.82, 2.24) is 19.7 Å². The molecule has 4 rings (SSSR count). The normalized spacial score (nSPS) is 15.9. The van der Waals surface area contributed by atoms with Gasteiger partial charge in [-0.05, 0) is 39.7 Å². The van der Waals surface area contributed by atoms with Gasteiger partial charge in [-0.15, -0.1) is 0 Å². The number of benzene rings is 1. The smallest absolute Gasteiger partial charge is 0.276 e. The van der Waals surface area contributed by atoms with E-state index in [0.29, 0.717) is 42.5 Å². The number of carbonyl (C=O) groups excluding carboxylic acids is 1. The molecule has 11 heteroatoms. The zero-order valence-corrected chi connectivity index (χ0v) is 21.1. The molecule has 0 radical (unpaired) electrons. The molecule has 0 unspecified atom stereocenters. The van der Waals surface area contributed by atoms with Crippen molar-refractivity contribution in [3.63, 3.8) is 0 Å². The highest BCUT2D eigenvalue weighted by Gasteiger charge is 2.33. The zero-order valence-electron chi connectivity index (χ0n) is 21.1. The van der Waals surface area contributed by atoms with Crippen molar-refractivity contribution in [3.8, 4) is 0 Å². The summed E-state index contributed by atoms with van der Waals surface area (Å²) in [5.74, 6) is -0.996. The van der Waals surface area contributed by atoms with E-state index in [1.165, 1.54) is 39.2 Å². The van der Waals surface area contributed by atoms with E-state index >= 15 is 0 Å². The first-order valence-corrected chi connectivity index (χ1v) is 12.1. The van der Waals surface area contributed by atoms with Gasteiger partial charge in [0, 0.05) is 48.9 Å². The van der Waals surface area contributed by atoms with Gasteiger partial charge in [0.25, 0.3) is 17.9 Å². The van der Waals surface area contributed by atoms with Crippen molar-refractivity contribution < 1.29 is 23.1 Å². The molecule has 0 bridgehead atoms. The van der Waals surface area contributed by atoms with E-state index in [-0.39, 0.29) is 22.9 Å². The van der Waals surface area contributed by atoms with Crippen LogP contribution in [0.15, 0.2) is 35.3 Å². The lowest BCUT2D eigenvalue weighted by Crippen LogP contribution is -2.48. The van der Waals surface area contributed by atoms with Crippen LogP contribution in [0.3, 0.4) is 0 Å². The number of fused-ring (bicyclic) bond motifs is 1. The molecule has 0 saturated carbocycles. The molecule has 1 atom stereocenters. The van der Waals surface area contributed by atoms with Gasteiger partial charge in [0.1, 0.15) is 11.4 Å². The number of nitrogens with one attached hydrogen (secondary N) is 1. The third-order valence-electron chi connectivity index (χ3n) is 6.79. The van der Waals surface area contributed by atoms with Gasteiger partial charge >= 0.3 is 0 Å². The average molecular weight is 518 g/mol. The quantitative estimate of drug-likeness (QED) is 0.512. The van der Waals surface area contributed by atoms with Crippen LogP contribution in [0.1, 0.15) is 68.8 Å². The minimum absolute atomic E-state index is 0.0183. The van der Waals surface area contributed by atoms with Crippen LogP contribution in [0.5, 0.6) is 0 Å². The van der Waals surface area contributed by atoms with E-state index in [2.05, 4.69) is 15.4 Å². The van der Waals surface area contributed by atoms with Gasteiger partial charge in [-0.2, -0.15) is 5.10 Å². The van der Waals surface area contributed by atoms with Gasteiger partial charge in [0.2, 0.25) is 0 Å². The number of piperidine rings is 1. The Labute approximate surface area is 212 Å². The number of aromatic nitrogens is 3. The van der Waals surface area contributed by atoms with Gasteiger partial charge in [-0.3, -0.25) is 14.6 Å². The number of aryl methyl sites for hydroxylation is 1. The summed E-state index contributed by atoms with van der Waals surface area (Å²) < 4.78 is 42.3. The average Bonchev–Trinajstić information content (AvgIpc) is 2.85. The standard InChI is InChI=1S/C26H30F3N5O3/c1-14(16-6-5-7-17(21(16)27)22(28)29)31-23-18-12-20(30-13-19(18)24(35)33(4)32-23)15-8-10-34(11-9-15)25(36)26(2,3)37/h5-7,12-15,22,37H,8-11H2,1-4H3,(H,31,32)/t14-/m1/s1. The highest BCUT2D eigenvalue weighted by molar-refractivity contribution is 5.91. The van der Waals surface area contributed by atoms with E-state index in [4.69, 9.17) is 0 Å². The second kappa shape index (κ2) is 10.1. The van der Waals surface area contributed by atoms with E-state index in [0.717, 1.165) is 16.4 Å². The highest BCUT2D eigenvalue weighted by Crippen LogP contribution is 2.32. The molecular formula is C26H30F3N5O3. The molecule has 198 valence electrons. The highest BCUT2D eigenvalue weighted by atomic mass is 19.3. The number of hydrogen-bond donors (Lipinski definition) is 2. The lowest BCUT2D eigenvalue weighted by Gasteiger charge is -2.35. The molecule has 1 aromatic carbocycles. The van der Waals surface area contributed by atoms with Crippen molar-refractivity contribution in [2.45, 2.75) is 57.6 Å². The largest absolute Gasteiger partial charge is 0.381 e.